The van der Waals surface area contributed by atoms with Crippen molar-refractivity contribution in [2.75, 3.05) is 11.4 Å². The summed E-state index contributed by atoms with van der Waals surface area (Å²) < 4.78 is 28.2. The lowest BCUT2D eigenvalue weighted by Gasteiger charge is -2.40. The Labute approximate surface area is 235 Å². The largest absolute Gasteiger partial charge is 0.478 e. The van der Waals surface area contributed by atoms with Gasteiger partial charge in [-0.3, -0.25) is 0 Å². The molecule has 3 heterocycles. The average molecular weight is 588 g/mol. The van der Waals surface area contributed by atoms with Crippen molar-refractivity contribution >= 4 is 62.4 Å². The molecule has 3 aliphatic rings. The summed E-state index contributed by atoms with van der Waals surface area (Å²) in [6.45, 7) is 0.350. The van der Waals surface area contributed by atoms with E-state index in [1.54, 1.807) is 23.1 Å². The standard InChI is InChI=1S/C27H20Cl2FN3O5S/c28-15-2-1-3-16(29)18(15)22-19(24(38-32-22)13-4-5-13)26(36)37-27-7-6-12(9-27)10-33(27)23-14(25(34)35)8-17-21(20(23)30)31-11-39-17/h1-3,8,11-13H,4-7,9-10H2,(H,34,35)/t12-,27-/m1/s1. The van der Waals surface area contributed by atoms with Crippen LogP contribution in [0, 0.1) is 11.7 Å². The molecule has 2 saturated carbocycles. The van der Waals surface area contributed by atoms with Gasteiger partial charge in [-0.05, 0) is 43.4 Å². The Morgan fingerprint density at radius 2 is 2.00 bits per heavy atom. The molecule has 2 bridgehead atoms. The van der Waals surface area contributed by atoms with E-state index in [0.29, 0.717) is 45.5 Å². The number of aromatic nitrogens is 2. The highest BCUT2D eigenvalue weighted by atomic mass is 35.5. The molecule has 3 fully saturated rings. The number of esters is 1. The van der Waals surface area contributed by atoms with E-state index < -0.39 is 23.5 Å². The number of carboxylic acid groups (broad SMARTS) is 1. The number of benzene rings is 2. The molecule has 39 heavy (non-hydrogen) atoms. The van der Waals surface area contributed by atoms with Gasteiger partial charge in [-0.15, -0.1) is 11.3 Å². The van der Waals surface area contributed by atoms with Gasteiger partial charge in [-0.1, -0.05) is 34.4 Å². The molecule has 200 valence electrons. The monoisotopic (exact) mass is 587 g/mol. The van der Waals surface area contributed by atoms with E-state index in [-0.39, 0.29) is 39.9 Å². The molecular weight excluding hydrogens is 568 g/mol. The van der Waals surface area contributed by atoms with Crippen molar-refractivity contribution in [1.29, 1.82) is 0 Å². The van der Waals surface area contributed by atoms with E-state index in [1.807, 2.05) is 0 Å². The summed E-state index contributed by atoms with van der Waals surface area (Å²) in [5.41, 5.74) is 0.715. The molecule has 0 spiro atoms. The molecule has 1 N–H and O–H groups in total. The highest BCUT2D eigenvalue weighted by Crippen LogP contribution is 2.53. The molecule has 2 aliphatic carbocycles. The lowest BCUT2D eigenvalue weighted by atomic mass is 10.0. The van der Waals surface area contributed by atoms with Crippen LogP contribution in [0.5, 0.6) is 0 Å². The summed E-state index contributed by atoms with van der Waals surface area (Å²) in [5, 5.41) is 14.8. The summed E-state index contributed by atoms with van der Waals surface area (Å²) in [4.78, 5) is 32.0. The minimum atomic E-state index is -1.27. The normalized spacial score (nSPS) is 22.1. The van der Waals surface area contributed by atoms with Crippen molar-refractivity contribution in [3.05, 3.63) is 62.5 Å². The van der Waals surface area contributed by atoms with Gasteiger partial charge < -0.3 is 19.3 Å². The zero-order valence-corrected chi connectivity index (χ0v) is 22.6. The van der Waals surface area contributed by atoms with Crippen LogP contribution in [0.1, 0.15) is 64.5 Å². The second-order valence-electron chi connectivity index (χ2n) is 10.3. The molecule has 4 aromatic rings. The lowest BCUT2D eigenvalue weighted by molar-refractivity contribution is -0.0113. The van der Waals surface area contributed by atoms with E-state index in [9.17, 15) is 14.7 Å². The third kappa shape index (κ3) is 3.83. The SMILES string of the molecule is O=C(O)c1cc2scnc2c(F)c1N1C[C@@H]2CC[C@@]1(OC(=O)c1c(-c3c(Cl)cccc3Cl)noc1C1CC1)C2. The molecule has 1 aliphatic heterocycles. The summed E-state index contributed by atoms with van der Waals surface area (Å²) >= 11 is 14.1. The van der Waals surface area contributed by atoms with Gasteiger partial charge in [0.05, 0.1) is 31.5 Å². The highest BCUT2D eigenvalue weighted by Gasteiger charge is 2.56. The van der Waals surface area contributed by atoms with Gasteiger partial charge in [0.2, 0.25) is 0 Å². The van der Waals surface area contributed by atoms with Crippen LogP contribution >= 0.6 is 34.5 Å². The van der Waals surface area contributed by atoms with Crippen molar-refractivity contribution in [3.8, 4) is 11.3 Å². The smallest absolute Gasteiger partial charge is 0.346 e. The number of halogens is 3. The molecule has 2 aromatic heterocycles. The Hall–Kier alpha value is -3.21. The molecule has 0 unspecified atom stereocenters. The zero-order valence-electron chi connectivity index (χ0n) is 20.2. The summed E-state index contributed by atoms with van der Waals surface area (Å²) in [7, 11) is 0. The van der Waals surface area contributed by atoms with Crippen LogP contribution < -0.4 is 4.90 Å². The first kappa shape index (κ1) is 24.8. The average Bonchev–Trinajstić information content (AvgIpc) is 3.23. The molecule has 12 heteroatoms. The van der Waals surface area contributed by atoms with Crippen LogP contribution in [0.25, 0.3) is 21.5 Å². The summed E-state index contributed by atoms with van der Waals surface area (Å²) in [6, 6.07) is 6.41. The molecule has 7 rings (SSSR count). The zero-order chi connectivity index (χ0) is 27.1. The molecule has 2 atom stereocenters. The topological polar surface area (TPSA) is 106 Å². The first-order chi connectivity index (χ1) is 18.8. The van der Waals surface area contributed by atoms with Gasteiger partial charge in [0, 0.05) is 30.9 Å². The maximum atomic E-state index is 15.9. The van der Waals surface area contributed by atoms with Crippen LogP contribution in [0.2, 0.25) is 10.0 Å². The van der Waals surface area contributed by atoms with Crippen LogP contribution in [-0.4, -0.2) is 39.5 Å². The number of piperidine rings is 1. The molecule has 0 radical (unpaired) electrons. The Bertz CT molecular complexity index is 1670. The van der Waals surface area contributed by atoms with E-state index in [1.165, 1.54) is 11.6 Å². The van der Waals surface area contributed by atoms with Crippen molar-refractivity contribution in [2.45, 2.75) is 43.7 Å². The number of thiazole rings is 1. The molecule has 8 nitrogen and oxygen atoms in total. The Morgan fingerprint density at radius 1 is 1.23 bits per heavy atom. The van der Waals surface area contributed by atoms with E-state index in [2.05, 4.69) is 10.1 Å². The highest BCUT2D eigenvalue weighted by molar-refractivity contribution is 7.16. The number of carbonyl (C=O) groups is 2. The van der Waals surface area contributed by atoms with Crippen LogP contribution in [0.4, 0.5) is 10.1 Å². The first-order valence-corrected chi connectivity index (χ1v) is 14.1. The molecule has 2 aromatic carbocycles. The van der Waals surface area contributed by atoms with E-state index in [0.717, 1.165) is 30.6 Å². The number of carbonyl (C=O) groups excluding carboxylic acids is 1. The number of nitrogens with zero attached hydrogens (tertiary/aromatic N) is 3. The fourth-order valence-corrected chi connectivity index (χ4v) is 7.26. The Morgan fingerprint density at radius 3 is 2.69 bits per heavy atom. The minimum absolute atomic E-state index is 0.0201. The van der Waals surface area contributed by atoms with E-state index in [4.69, 9.17) is 32.5 Å². The minimum Gasteiger partial charge on any atom is -0.478 e. The quantitative estimate of drug-likeness (QED) is 0.237. The van der Waals surface area contributed by atoms with Crippen LogP contribution in [-0.2, 0) is 4.74 Å². The van der Waals surface area contributed by atoms with Gasteiger partial charge >= 0.3 is 11.9 Å². The van der Waals surface area contributed by atoms with Gasteiger partial charge in [-0.25, -0.2) is 19.0 Å². The predicted octanol–water partition coefficient (Wildman–Crippen LogP) is 7.15. The van der Waals surface area contributed by atoms with Gasteiger partial charge in [0.15, 0.2) is 17.3 Å². The second kappa shape index (κ2) is 8.90. The first-order valence-electron chi connectivity index (χ1n) is 12.5. The van der Waals surface area contributed by atoms with Crippen molar-refractivity contribution in [1.82, 2.24) is 10.1 Å². The maximum absolute atomic E-state index is 15.9. The summed E-state index contributed by atoms with van der Waals surface area (Å²) in [5.74, 6) is -2.17. The molecule has 0 amide bonds. The van der Waals surface area contributed by atoms with Gasteiger partial charge in [0.1, 0.15) is 16.8 Å². The molecule has 1 saturated heterocycles. The Balaban J connectivity index is 1.33. The number of anilines is 1. The number of rotatable bonds is 6. The van der Waals surface area contributed by atoms with Crippen molar-refractivity contribution in [3.63, 3.8) is 0 Å². The number of aromatic carboxylic acids is 1. The number of carboxylic acids is 1. The number of hydrogen-bond donors (Lipinski definition) is 1. The van der Waals surface area contributed by atoms with Crippen molar-refractivity contribution < 1.29 is 28.3 Å². The lowest BCUT2D eigenvalue weighted by Crippen LogP contribution is -2.49. The number of hydrogen-bond acceptors (Lipinski definition) is 8. The fraction of sp³-hybridized carbons (Fsp3) is 0.333. The second-order valence-corrected chi connectivity index (χ2v) is 12.0. The fourth-order valence-electron chi connectivity index (χ4n) is 5.98. The molecular formula is C27H20Cl2FN3O5S. The van der Waals surface area contributed by atoms with E-state index >= 15 is 4.39 Å². The third-order valence-corrected chi connectivity index (χ3v) is 9.28. The Kier molecular flexibility index (Phi) is 5.66. The van der Waals surface area contributed by atoms with Gasteiger partial charge in [0.25, 0.3) is 0 Å². The number of ether oxygens (including phenoxy) is 1. The number of fused-ring (bicyclic) bond motifs is 3. The summed E-state index contributed by atoms with van der Waals surface area (Å²) in [6.07, 6.45) is 3.30. The van der Waals surface area contributed by atoms with Gasteiger partial charge in [-0.2, -0.15) is 0 Å². The van der Waals surface area contributed by atoms with Crippen molar-refractivity contribution in [2.24, 2.45) is 5.92 Å². The van der Waals surface area contributed by atoms with Crippen LogP contribution in [0.3, 0.4) is 0 Å². The van der Waals surface area contributed by atoms with Crippen LogP contribution in [0.15, 0.2) is 34.3 Å². The maximum Gasteiger partial charge on any atom is 0.346 e. The predicted molar refractivity (Wildman–Crippen MR) is 143 cm³/mol. The third-order valence-electron chi connectivity index (χ3n) is 7.88.